The molecule has 0 aliphatic heterocycles. The van der Waals surface area contributed by atoms with E-state index >= 15 is 0 Å². The number of anilines is 1. The highest BCUT2D eigenvalue weighted by Crippen LogP contribution is 2.39. The first kappa shape index (κ1) is 10.7. The van der Waals surface area contributed by atoms with Crippen LogP contribution >= 0.6 is 11.8 Å². The normalized spacial score (nSPS) is 13.0. The number of nitrogens with zero attached hydrogens (tertiary/aromatic N) is 1. The zero-order valence-corrected chi connectivity index (χ0v) is 10.6. The van der Waals surface area contributed by atoms with Crippen molar-refractivity contribution in [3.8, 4) is 11.1 Å². The van der Waals surface area contributed by atoms with E-state index in [0.717, 1.165) is 18.5 Å². The van der Waals surface area contributed by atoms with Gasteiger partial charge in [-0.3, -0.25) is 0 Å². The Morgan fingerprint density at radius 3 is 2.88 bits per heavy atom. The van der Waals surface area contributed by atoms with Crippen LogP contribution in [-0.2, 0) is 12.8 Å². The van der Waals surface area contributed by atoms with Crippen molar-refractivity contribution in [2.24, 2.45) is 0 Å². The van der Waals surface area contributed by atoms with Crippen LogP contribution in [0.1, 0.15) is 11.3 Å². The van der Waals surface area contributed by atoms with E-state index in [9.17, 15) is 0 Å². The number of hydrogen-bond donors (Lipinski definition) is 1. The summed E-state index contributed by atoms with van der Waals surface area (Å²) in [5.74, 6) is 0.632. The molecule has 1 aliphatic carbocycles. The molecule has 0 saturated carbocycles. The molecule has 1 aromatic carbocycles. The lowest BCUT2D eigenvalue weighted by molar-refractivity contribution is 0.890. The van der Waals surface area contributed by atoms with Gasteiger partial charge >= 0.3 is 0 Å². The highest BCUT2D eigenvalue weighted by Gasteiger charge is 2.20. The monoisotopic (exact) mass is 242 g/mol. The number of pyridine rings is 1. The first-order chi connectivity index (χ1) is 8.29. The topological polar surface area (TPSA) is 38.9 Å². The van der Waals surface area contributed by atoms with Gasteiger partial charge in [0.2, 0.25) is 0 Å². The Kier molecular flexibility index (Phi) is 2.56. The predicted octanol–water partition coefficient (Wildman–Crippen LogP) is 3.15. The minimum absolute atomic E-state index is 0.632. The SMILES string of the molecule is CSc1cc(N)nc2c1-c1ccccc1CC2. The lowest BCUT2D eigenvalue weighted by Gasteiger charge is -2.21. The average molecular weight is 242 g/mol. The molecule has 0 unspecified atom stereocenters. The molecule has 1 aromatic heterocycles. The zero-order valence-electron chi connectivity index (χ0n) is 9.73. The lowest BCUT2D eigenvalue weighted by atomic mass is 9.88. The quantitative estimate of drug-likeness (QED) is 0.781. The van der Waals surface area contributed by atoms with Crippen LogP contribution < -0.4 is 5.73 Å². The highest BCUT2D eigenvalue weighted by molar-refractivity contribution is 7.98. The van der Waals surface area contributed by atoms with Crippen molar-refractivity contribution in [2.45, 2.75) is 17.7 Å². The Morgan fingerprint density at radius 1 is 1.24 bits per heavy atom. The van der Waals surface area contributed by atoms with E-state index < -0.39 is 0 Å². The molecule has 2 nitrogen and oxygen atoms in total. The molecule has 0 spiro atoms. The van der Waals surface area contributed by atoms with E-state index in [1.807, 2.05) is 6.07 Å². The first-order valence-corrected chi connectivity index (χ1v) is 6.93. The van der Waals surface area contributed by atoms with E-state index in [1.54, 1.807) is 11.8 Å². The van der Waals surface area contributed by atoms with Crippen molar-refractivity contribution in [3.63, 3.8) is 0 Å². The van der Waals surface area contributed by atoms with Gasteiger partial charge in [-0.25, -0.2) is 4.98 Å². The summed E-state index contributed by atoms with van der Waals surface area (Å²) in [5, 5.41) is 0. The van der Waals surface area contributed by atoms with Gasteiger partial charge in [-0.05, 0) is 36.3 Å². The van der Waals surface area contributed by atoms with Crippen molar-refractivity contribution in [1.82, 2.24) is 4.98 Å². The molecular formula is C14H14N2S. The van der Waals surface area contributed by atoms with E-state index in [1.165, 1.54) is 21.6 Å². The van der Waals surface area contributed by atoms with E-state index in [4.69, 9.17) is 5.73 Å². The summed E-state index contributed by atoms with van der Waals surface area (Å²) < 4.78 is 0. The lowest BCUT2D eigenvalue weighted by Crippen LogP contribution is -2.08. The Labute approximate surface area is 105 Å². The summed E-state index contributed by atoms with van der Waals surface area (Å²) in [6.07, 6.45) is 4.14. The largest absolute Gasteiger partial charge is 0.384 e. The Balaban J connectivity index is 2.30. The molecule has 0 bridgehead atoms. The molecule has 0 saturated heterocycles. The fraction of sp³-hybridized carbons (Fsp3) is 0.214. The average Bonchev–Trinajstić information content (AvgIpc) is 2.37. The van der Waals surface area contributed by atoms with Crippen molar-refractivity contribution < 1.29 is 0 Å². The number of hydrogen-bond acceptors (Lipinski definition) is 3. The standard InChI is InChI=1S/C14H14N2S/c1-17-12-8-13(15)16-11-7-6-9-4-2-3-5-10(9)14(11)12/h2-5,8H,6-7H2,1H3,(H2,15,16). The molecule has 3 rings (SSSR count). The van der Waals surface area contributed by atoms with Gasteiger partial charge in [0, 0.05) is 10.5 Å². The summed E-state index contributed by atoms with van der Waals surface area (Å²) in [6.45, 7) is 0. The maximum absolute atomic E-state index is 5.85. The minimum atomic E-state index is 0.632. The fourth-order valence-corrected chi connectivity index (χ4v) is 3.13. The highest BCUT2D eigenvalue weighted by atomic mass is 32.2. The number of nitrogens with two attached hydrogens (primary N) is 1. The summed E-state index contributed by atoms with van der Waals surface area (Å²) >= 11 is 1.74. The maximum atomic E-state index is 5.85. The number of aromatic nitrogens is 1. The number of nitrogen functional groups attached to an aromatic ring is 1. The molecular weight excluding hydrogens is 228 g/mol. The summed E-state index contributed by atoms with van der Waals surface area (Å²) in [5.41, 5.74) is 11.0. The minimum Gasteiger partial charge on any atom is -0.384 e. The Bertz CT molecular complexity index is 561. The molecule has 17 heavy (non-hydrogen) atoms. The van der Waals surface area contributed by atoms with E-state index in [2.05, 4.69) is 35.5 Å². The van der Waals surface area contributed by atoms with Crippen LogP contribution in [0.2, 0.25) is 0 Å². The van der Waals surface area contributed by atoms with E-state index in [-0.39, 0.29) is 0 Å². The molecule has 0 radical (unpaired) electrons. The first-order valence-electron chi connectivity index (χ1n) is 5.71. The number of thioether (sulfide) groups is 1. The third-order valence-electron chi connectivity index (χ3n) is 3.22. The van der Waals surface area contributed by atoms with Gasteiger partial charge in [0.15, 0.2) is 0 Å². The third kappa shape index (κ3) is 1.71. The van der Waals surface area contributed by atoms with Gasteiger partial charge in [0.1, 0.15) is 5.82 Å². The second kappa shape index (κ2) is 4.08. The van der Waals surface area contributed by atoms with E-state index in [0.29, 0.717) is 5.82 Å². The van der Waals surface area contributed by atoms with Crippen LogP contribution in [0.15, 0.2) is 35.2 Å². The van der Waals surface area contributed by atoms with Gasteiger partial charge in [0.25, 0.3) is 0 Å². The number of benzene rings is 1. The van der Waals surface area contributed by atoms with Crippen LogP contribution in [0.25, 0.3) is 11.1 Å². The van der Waals surface area contributed by atoms with Crippen LogP contribution in [0.3, 0.4) is 0 Å². The summed E-state index contributed by atoms with van der Waals surface area (Å²) in [6, 6.07) is 10.6. The van der Waals surface area contributed by atoms with Crippen LogP contribution in [0.5, 0.6) is 0 Å². The van der Waals surface area contributed by atoms with Crippen molar-refractivity contribution in [2.75, 3.05) is 12.0 Å². The molecule has 1 aliphatic rings. The summed E-state index contributed by atoms with van der Waals surface area (Å²) in [4.78, 5) is 5.72. The molecule has 1 heterocycles. The Hall–Kier alpha value is -1.48. The molecule has 0 atom stereocenters. The second-order valence-electron chi connectivity index (χ2n) is 4.23. The van der Waals surface area contributed by atoms with Crippen molar-refractivity contribution in [3.05, 3.63) is 41.6 Å². The Morgan fingerprint density at radius 2 is 2.06 bits per heavy atom. The molecule has 0 amide bonds. The van der Waals surface area contributed by atoms with Crippen LogP contribution in [0.4, 0.5) is 5.82 Å². The maximum Gasteiger partial charge on any atom is 0.124 e. The van der Waals surface area contributed by atoms with Gasteiger partial charge in [-0.2, -0.15) is 0 Å². The smallest absolute Gasteiger partial charge is 0.124 e. The molecule has 86 valence electrons. The molecule has 2 N–H and O–H groups in total. The van der Waals surface area contributed by atoms with Gasteiger partial charge in [-0.15, -0.1) is 11.8 Å². The van der Waals surface area contributed by atoms with Gasteiger partial charge in [-0.1, -0.05) is 24.3 Å². The van der Waals surface area contributed by atoms with Crippen molar-refractivity contribution in [1.29, 1.82) is 0 Å². The van der Waals surface area contributed by atoms with Gasteiger partial charge in [0.05, 0.1) is 5.69 Å². The number of fused-ring (bicyclic) bond motifs is 3. The molecule has 0 fully saturated rings. The van der Waals surface area contributed by atoms with Crippen molar-refractivity contribution >= 4 is 17.6 Å². The number of rotatable bonds is 1. The molecule has 2 aromatic rings. The fourth-order valence-electron chi connectivity index (χ4n) is 2.46. The summed E-state index contributed by atoms with van der Waals surface area (Å²) in [7, 11) is 0. The van der Waals surface area contributed by atoms with Crippen LogP contribution in [-0.4, -0.2) is 11.2 Å². The number of aryl methyl sites for hydroxylation is 2. The van der Waals surface area contributed by atoms with Gasteiger partial charge < -0.3 is 5.73 Å². The van der Waals surface area contributed by atoms with Crippen LogP contribution in [0, 0.1) is 0 Å². The third-order valence-corrected chi connectivity index (χ3v) is 3.98. The second-order valence-corrected chi connectivity index (χ2v) is 5.08. The predicted molar refractivity (Wildman–Crippen MR) is 73.3 cm³/mol. The molecule has 3 heteroatoms. The zero-order chi connectivity index (χ0) is 11.8.